The Morgan fingerprint density at radius 1 is 1.04 bits per heavy atom. The maximum atomic E-state index is 14.1. The van der Waals surface area contributed by atoms with Gasteiger partial charge in [0.05, 0.1) is 6.54 Å². The van der Waals surface area contributed by atoms with Crippen molar-refractivity contribution in [2.45, 2.75) is 65.0 Å². The molecule has 0 spiro atoms. The number of hydrogen-bond donors (Lipinski definition) is 1. The van der Waals surface area contributed by atoms with E-state index in [-0.39, 0.29) is 18.3 Å². The summed E-state index contributed by atoms with van der Waals surface area (Å²) in [5.74, 6) is 0.415. The van der Waals surface area contributed by atoms with Gasteiger partial charge in [0.2, 0.25) is 5.91 Å². The highest BCUT2D eigenvalue weighted by Crippen LogP contribution is 2.33. The van der Waals surface area contributed by atoms with Crippen LogP contribution in [0.15, 0.2) is 42.5 Å². The monoisotopic (exact) mass is 382 g/mol. The molecular weight excluding hydrogens is 351 g/mol. The quantitative estimate of drug-likeness (QED) is 0.637. The number of carbonyl (C=O) groups is 1. The first-order valence-corrected chi connectivity index (χ1v) is 10.3. The number of para-hydroxylation sites is 1. The summed E-state index contributed by atoms with van der Waals surface area (Å²) < 4.78 is 14.1. The summed E-state index contributed by atoms with van der Waals surface area (Å²) in [5.41, 5.74) is 3.91. The summed E-state index contributed by atoms with van der Waals surface area (Å²) >= 11 is 0. The molecule has 28 heavy (non-hydrogen) atoms. The second-order valence-electron chi connectivity index (χ2n) is 8.40. The Morgan fingerprint density at radius 3 is 2.18 bits per heavy atom. The van der Waals surface area contributed by atoms with Crippen LogP contribution in [-0.4, -0.2) is 23.4 Å². The summed E-state index contributed by atoms with van der Waals surface area (Å²) in [6.45, 7) is 9.32. The van der Waals surface area contributed by atoms with Crippen molar-refractivity contribution >= 4 is 11.6 Å². The molecular formula is C24H31FN2O. The van der Waals surface area contributed by atoms with Crippen molar-refractivity contribution in [3.05, 3.63) is 65.0 Å². The van der Waals surface area contributed by atoms with Gasteiger partial charge in [-0.3, -0.25) is 9.69 Å². The van der Waals surface area contributed by atoms with Crippen LogP contribution in [0.3, 0.4) is 0 Å². The van der Waals surface area contributed by atoms with Gasteiger partial charge in [-0.15, -0.1) is 0 Å². The molecule has 0 bridgehead atoms. The molecule has 1 aliphatic carbocycles. The highest BCUT2D eigenvalue weighted by atomic mass is 19.1. The fourth-order valence-corrected chi connectivity index (χ4v) is 3.66. The van der Waals surface area contributed by atoms with Gasteiger partial charge in [0.15, 0.2) is 0 Å². The molecule has 2 aromatic carbocycles. The predicted octanol–water partition coefficient (Wildman–Crippen LogP) is 5.68. The number of nitrogens with zero attached hydrogens (tertiary/aromatic N) is 1. The van der Waals surface area contributed by atoms with Crippen molar-refractivity contribution in [3.63, 3.8) is 0 Å². The fraction of sp³-hybridized carbons (Fsp3) is 0.458. The molecule has 0 radical (unpaired) electrons. The van der Waals surface area contributed by atoms with E-state index in [9.17, 15) is 9.18 Å². The van der Waals surface area contributed by atoms with Crippen molar-refractivity contribution < 1.29 is 9.18 Å². The number of benzene rings is 2. The molecule has 1 saturated carbocycles. The van der Waals surface area contributed by atoms with Gasteiger partial charge < -0.3 is 5.32 Å². The standard InChI is InChI=1S/C24H31FN2O/c1-16(2)20-9-7-10-21(17(3)4)24(20)26-23(28)15-27(19-12-13-19)14-18-8-5-6-11-22(18)25/h5-11,16-17,19H,12-15H2,1-4H3,(H,26,28). The van der Waals surface area contributed by atoms with Gasteiger partial charge in [-0.1, -0.05) is 64.1 Å². The summed E-state index contributed by atoms with van der Waals surface area (Å²) in [7, 11) is 0. The molecule has 0 atom stereocenters. The zero-order chi connectivity index (χ0) is 20.3. The lowest BCUT2D eigenvalue weighted by molar-refractivity contribution is -0.117. The van der Waals surface area contributed by atoms with Gasteiger partial charge in [-0.2, -0.15) is 0 Å². The zero-order valence-corrected chi connectivity index (χ0v) is 17.3. The second kappa shape index (κ2) is 8.87. The normalized spacial score (nSPS) is 14.1. The highest BCUT2D eigenvalue weighted by Gasteiger charge is 2.31. The number of carbonyl (C=O) groups excluding carboxylic acids is 1. The number of nitrogens with one attached hydrogen (secondary N) is 1. The van der Waals surface area contributed by atoms with Gasteiger partial charge in [-0.25, -0.2) is 4.39 Å². The first-order valence-electron chi connectivity index (χ1n) is 10.3. The van der Waals surface area contributed by atoms with E-state index < -0.39 is 0 Å². The smallest absolute Gasteiger partial charge is 0.238 e. The zero-order valence-electron chi connectivity index (χ0n) is 17.3. The lowest BCUT2D eigenvalue weighted by atomic mass is 9.92. The lowest BCUT2D eigenvalue weighted by Crippen LogP contribution is -2.35. The Hall–Kier alpha value is -2.20. The summed E-state index contributed by atoms with van der Waals surface area (Å²) in [6, 6.07) is 13.4. The predicted molar refractivity (Wildman–Crippen MR) is 113 cm³/mol. The topological polar surface area (TPSA) is 32.3 Å². The molecule has 0 aliphatic heterocycles. The number of rotatable bonds is 8. The minimum Gasteiger partial charge on any atom is -0.324 e. The van der Waals surface area contributed by atoms with Crippen LogP contribution in [0.5, 0.6) is 0 Å². The van der Waals surface area contributed by atoms with Crippen molar-refractivity contribution in [1.82, 2.24) is 4.90 Å². The molecule has 1 aliphatic rings. The van der Waals surface area contributed by atoms with Crippen LogP contribution in [0.4, 0.5) is 10.1 Å². The van der Waals surface area contributed by atoms with E-state index in [0.717, 1.165) is 29.7 Å². The summed E-state index contributed by atoms with van der Waals surface area (Å²) in [6.07, 6.45) is 2.14. The molecule has 0 aromatic heterocycles. The molecule has 2 aromatic rings. The summed E-state index contributed by atoms with van der Waals surface area (Å²) in [5, 5.41) is 3.18. The third-order valence-electron chi connectivity index (χ3n) is 5.38. The van der Waals surface area contributed by atoms with Crippen molar-refractivity contribution in [2.24, 2.45) is 0 Å². The van der Waals surface area contributed by atoms with Gasteiger partial charge in [0.25, 0.3) is 0 Å². The van der Waals surface area contributed by atoms with Crippen molar-refractivity contribution in [2.75, 3.05) is 11.9 Å². The maximum Gasteiger partial charge on any atom is 0.238 e. The SMILES string of the molecule is CC(C)c1cccc(C(C)C)c1NC(=O)CN(Cc1ccccc1F)C1CC1. The number of anilines is 1. The second-order valence-corrected chi connectivity index (χ2v) is 8.40. The minimum absolute atomic E-state index is 0.0294. The van der Waals surface area contributed by atoms with Crippen molar-refractivity contribution in [1.29, 1.82) is 0 Å². The first kappa shape index (κ1) is 20.5. The van der Waals surface area contributed by atoms with Crippen LogP contribution in [0.25, 0.3) is 0 Å². The van der Waals surface area contributed by atoms with Gasteiger partial charge in [0.1, 0.15) is 5.82 Å². The van der Waals surface area contributed by atoms with Crippen LogP contribution < -0.4 is 5.32 Å². The van der Waals surface area contributed by atoms with E-state index in [0.29, 0.717) is 30.0 Å². The Labute approximate surface area is 167 Å². The molecule has 3 rings (SSSR count). The van der Waals surface area contributed by atoms with Gasteiger partial charge >= 0.3 is 0 Å². The Kier molecular flexibility index (Phi) is 6.50. The molecule has 1 fully saturated rings. The van der Waals surface area contributed by atoms with Crippen LogP contribution >= 0.6 is 0 Å². The summed E-state index contributed by atoms with van der Waals surface area (Å²) in [4.78, 5) is 15.0. The fourth-order valence-electron chi connectivity index (χ4n) is 3.66. The molecule has 150 valence electrons. The Balaban J connectivity index is 1.76. The number of amides is 1. The molecule has 0 saturated heterocycles. The van der Waals surface area contributed by atoms with Crippen LogP contribution in [-0.2, 0) is 11.3 Å². The van der Waals surface area contributed by atoms with E-state index in [4.69, 9.17) is 0 Å². The molecule has 3 nitrogen and oxygen atoms in total. The molecule has 1 amide bonds. The molecule has 4 heteroatoms. The van der Waals surface area contributed by atoms with E-state index >= 15 is 0 Å². The van der Waals surface area contributed by atoms with E-state index in [1.807, 2.05) is 6.07 Å². The molecule has 0 unspecified atom stereocenters. The minimum atomic E-state index is -0.208. The van der Waals surface area contributed by atoms with E-state index in [1.54, 1.807) is 12.1 Å². The number of hydrogen-bond acceptors (Lipinski definition) is 2. The van der Waals surface area contributed by atoms with E-state index in [1.165, 1.54) is 6.07 Å². The van der Waals surface area contributed by atoms with Crippen LogP contribution in [0.2, 0.25) is 0 Å². The maximum absolute atomic E-state index is 14.1. The highest BCUT2D eigenvalue weighted by molar-refractivity contribution is 5.94. The largest absolute Gasteiger partial charge is 0.324 e. The van der Waals surface area contributed by atoms with Crippen LogP contribution in [0, 0.1) is 5.82 Å². The third-order valence-corrected chi connectivity index (χ3v) is 5.38. The van der Waals surface area contributed by atoms with Crippen LogP contribution in [0.1, 0.15) is 69.1 Å². The Morgan fingerprint density at radius 2 is 1.64 bits per heavy atom. The first-order chi connectivity index (χ1) is 13.4. The average molecular weight is 383 g/mol. The molecule has 0 heterocycles. The Bertz CT molecular complexity index is 801. The van der Waals surface area contributed by atoms with Gasteiger partial charge in [0, 0.05) is 23.8 Å². The van der Waals surface area contributed by atoms with Gasteiger partial charge in [-0.05, 0) is 41.9 Å². The third kappa shape index (κ3) is 4.99. The van der Waals surface area contributed by atoms with E-state index in [2.05, 4.69) is 56.1 Å². The average Bonchev–Trinajstić information content (AvgIpc) is 3.47. The van der Waals surface area contributed by atoms with Crippen molar-refractivity contribution in [3.8, 4) is 0 Å². The lowest BCUT2D eigenvalue weighted by Gasteiger charge is -2.24. The number of halogens is 1. The molecule has 1 N–H and O–H groups in total.